The van der Waals surface area contributed by atoms with Crippen molar-refractivity contribution in [2.45, 2.75) is 12.8 Å². The zero-order valence-electron chi connectivity index (χ0n) is 14.5. The topological polar surface area (TPSA) is 61.4 Å². The number of carbonyl (C=O) groups excluding carboxylic acids is 1. The third-order valence-corrected chi connectivity index (χ3v) is 4.48. The van der Waals surface area contributed by atoms with Gasteiger partial charge in [0.2, 0.25) is 0 Å². The Labute approximate surface area is 148 Å². The molecule has 2 aromatic rings. The molecule has 3 rings (SSSR count). The number of para-hydroxylation sites is 1. The molecule has 1 fully saturated rings. The van der Waals surface area contributed by atoms with Crippen molar-refractivity contribution in [1.29, 1.82) is 0 Å². The first-order valence-corrected chi connectivity index (χ1v) is 8.89. The van der Waals surface area contributed by atoms with Crippen LogP contribution >= 0.6 is 0 Å². The number of aromatic nitrogens is 2. The van der Waals surface area contributed by atoms with Gasteiger partial charge >= 0.3 is 0 Å². The lowest BCUT2D eigenvalue weighted by Crippen LogP contribution is -2.46. The largest absolute Gasteiger partial charge is 0.369 e. The molecule has 1 aliphatic heterocycles. The minimum atomic E-state index is -0.149. The highest BCUT2D eigenvalue weighted by Gasteiger charge is 2.16. The molecule has 132 valence electrons. The van der Waals surface area contributed by atoms with Gasteiger partial charge in [0.15, 0.2) is 0 Å². The fraction of sp³-hybridized carbons (Fsp3) is 0.421. The van der Waals surface area contributed by atoms with Crippen molar-refractivity contribution in [3.05, 3.63) is 54.6 Å². The SMILES string of the molecule is O=C(NCCCCN1CCN(c2ccccc2)CC1)c1cnccn1. The quantitative estimate of drug-likeness (QED) is 0.780. The van der Waals surface area contributed by atoms with Crippen LogP contribution in [0.5, 0.6) is 0 Å². The van der Waals surface area contributed by atoms with E-state index in [9.17, 15) is 4.79 Å². The molecule has 0 atom stereocenters. The number of anilines is 1. The molecule has 2 heterocycles. The van der Waals surface area contributed by atoms with Crippen molar-refractivity contribution in [3.8, 4) is 0 Å². The van der Waals surface area contributed by atoms with Crippen LogP contribution in [-0.4, -0.2) is 60.0 Å². The van der Waals surface area contributed by atoms with Crippen LogP contribution in [0.2, 0.25) is 0 Å². The van der Waals surface area contributed by atoms with Crippen molar-refractivity contribution < 1.29 is 4.79 Å². The van der Waals surface area contributed by atoms with E-state index in [0.717, 1.165) is 45.6 Å². The molecule has 6 heteroatoms. The van der Waals surface area contributed by atoms with Crippen LogP contribution in [0.1, 0.15) is 23.3 Å². The Bertz CT molecular complexity index is 641. The zero-order valence-corrected chi connectivity index (χ0v) is 14.5. The van der Waals surface area contributed by atoms with Gasteiger partial charge in [0.25, 0.3) is 5.91 Å². The Morgan fingerprint density at radius 3 is 2.56 bits per heavy atom. The summed E-state index contributed by atoms with van der Waals surface area (Å²) in [4.78, 5) is 24.7. The lowest BCUT2D eigenvalue weighted by Gasteiger charge is -2.36. The van der Waals surface area contributed by atoms with E-state index >= 15 is 0 Å². The fourth-order valence-corrected chi connectivity index (χ4v) is 3.04. The summed E-state index contributed by atoms with van der Waals surface area (Å²) >= 11 is 0. The molecule has 1 aromatic carbocycles. The molecule has 0 unspecified atom stereocenters. The van der Waals surface area contributed by atoms with Crippen molar-refractivity contribution in [2.24, 2.45) is 0 Å². The van der Waals surface area contributed by atoms with Crippen LogP contribution in [0.3, 0.4) is 0 Å². The number of piperazine rings is 1. The van der Waals surface area contributed by atoms with Crippen molar-refractivity contribution >= 4 is 11.6 Å². The van der Waals surface area contributed by atoms with E-state index in [1.54, 1.807) is 6.20 Å². The van der Waals surface area contributed by atoms with E-state index in [2.05, 4.69) is 55.4 Å². The Kier molecular flexibility index (Phi) is 6.34. The summed E-state index contributed by atoms with van der Waals surface area (Å²) in [5.74, 6) is -0.149. The minimum Gasteiger partial charge on any atom is -0.369 e. The van der Waals surface area contributed by atoms with E-state index < -0.39 is 0 Å². The van der Waals surface area contributed by atoms with Gasteiger partial charge in [0, 0.05) is 50.8 Å². The summed E-state index contributed by atoms with van der Waals surface area (Å²) < 4.78 is 0. The average molecular weight is 339 g/mol. The van der Waals surface area contributed by atoms with Gasteiger partial charge < -0.3 is 10.2 Å². The Morgan fingerprint density at radius 1 is 1.04 bits per heavy atom. The normalized spacial score (nSPS) is 15.1. The van der Waals surface area contributed by atoms with Gasteiger partial charge in [-0.05, 0) is 31.5 Å². The predicted octanol–water partition coefficient (Wildman–Crippen LogP) is 1.81. The maximum absolute atomic E-state index is 11.9. The van der Waals surface area contributed by atoms with Crippen LogP contribution in [0.4, 0.5) is 5.69 Å². The molecular formula is C19H25N5O. The number of hydrogen-bond acceptors (Lipinski definition) is 5. The summed E-state index contributed by atoms with van der Waals surface area (Å²) in [7, 11) is 0. The van der Waals surface area contributed by atoms with Crippen LogP contribution in [0.25, 0.3) is 0 Å². The number of amides is 1. The van der Waals surface area contributed by atoms with Gasteiger partial charge in [-0.15, -0.1) is 0 Å². The molecule has 6 nitrogen and oxygen atoms in total. The number of unbranched alkanes of at least 4 members (excludes halogenated alkanes) is 1. The molecule has 1 amide bonds. The minimum absolute atomic E-state index is 0.149. The number of carbonyl (C=O) groups is 1. The van der Waals surface area contributed by atoms with Gasteiger partial charge in [0.1, 0.15) is 5.69 Å². The number of nitrogens with one attached hydrogen (secondary N) is 1. The standard InChI is InChI=1S/C19H25N5O/c25-19(18-16-20-9-10-21-18)22-8-4-5-11-23-12-14-24(15-13-23)17-6-2-1-3-7-17/h1-3,6-7,9-10,16H,4-5,8,11-15H2,(H,22,25). The molecule has 1 aromatic heterocycles. The Hall–Kier alpha value is -2.47. The van der Waals surface area contributed by atoms with Gasteiger partial charge in [-0.2, -0.15) is 0 Å². The van der Waals surface area contributed by atoms with Gasteiger partial charge in [0.05, 0.1) is 6.20 Å². The third kappa shape index (κ3) is 5.26. The highest BCUT2D eigenvalue weighted by atomic mass is 16.1. The lowest BCUT2D eigenvalue weighted by atomic mass is 10.2. The molecule has 0 spiro atoms. The fourth-order valence-electron chi connectivity index (χ4n) is 3.04. The van der Waals surface area contributed by atoms with E-state index in [-0.39, 0.29) is 5.91 Å². The zero-order chi connectivity index (χ0) is 17.3. The average Bonchev–Trinajstić information content (AvgIpc) is 2.69. The first-order valence-electron chi connectivity index (χ1n) is 8.89. The summed E-state index contributed by atoms with van der Waals surface area (Å²) in [6.45, 7) is 6.12. The van der Waals surface area contributed by atoms with Crippen molar-refractivity contribution in [1.82, 2.24) is 20.2 Å². The second kappa shape index (κ2) is 9.13. The highest BCUT2D eigenvalue weighted by molar-refractivity contribution is 5.91. The van der Waals surface area contributed by atoms with Crippen LogP contribution in [0, 0.1) is 0 Å². The Balaban J connectivity index is 1.28. The van der Waals surface area contributed by atoms with Crippen LogP contribution in [-0.2, 0) is 0 Å². The van der Waals surface area contributed by atoms with E-state index in [4.69, 9.17) is 0 Å². The highest BCUT2D eigenvalue weighted by Crippen LogP contribution is 2.15. The molecule has 0 aliphatic carbocycles. The molecule has 0 saturated carbocycles. The summed E-state index contributed by atoms with van der Waals surface area (Å²) in [5.41, 5.74) is 1.69. The Morgan fingerprint density at radius 2 is 1.84 bits per heavy atom. The number of nitrogens with zero attached hydrogens (tertiary/aromatic N) is 4. The molecule has 0 bridgehead atoms. The smallest absolute Gasteiger partial charge is 0.271 e. The molecule has 0 radical (unpaired) electrons. The van der Waals surface area contributed by atoms with E-state index in [1.165, 1.54) is 18.1 Å². The maximum Gasteiger partial charge on any atom is 0.271 e. The molecule has 25 heavy (non-hydrogen) atoms. The van der Waals surface area contributed by atoms with Crippen molar-refractivity contribution in [2.75, 3.05) is 44.2 Å². The van der Waals surface area contributed by atoms with E-state index in [1.807, 2.05) is 0 Å². The second-order valence-electron chi connectivity index (χ2n) is 6.22. The third-order valence-electron chi connectivity index (χ3n) is 4.48. The molecule has 1 aliphatic rings. The molecule has 1 N–H and O–H groups in total. The molecule has 1 saturated heterocycles. The van der Waals surface area contributed by atoms with Gasteiger partial charge in [-0.3, -0.25) is 14.7 Å². The number of rotatable bonds is 7. The van der Waals surface area contributed by atoms with E-state index in [0.29, 0.717) is 12.2 Å². The van der Waals surface area contributed by atoms with Crippen LogP contribution in [0.15, 0.2) is 48.9 Å². The maximum atomic E-state index is 11.9. The van der Waals surface area contributed by atoms with Crippen LogP contribution < -0.4 is 10.2 Å². The summed E-state index contributed by atoms with van der Waals surface area (Å²) in [6, 6.07) is 10.6. The summed E-state index contributed by atoms with van der Waals surface area (Å²) in [5, 5.41) is 2.90. The van der Waals surface area contributed by atoms with Crippen molar-refractivity contribution in [3.63, 3.8) is 0 Å². The first kappa shape index (κ1) is 17.4. The first-order chi connectivity index (χ1) is 12.3. The lowest BCUT2D eigenvalue weighted by molar-refractivity contribution is 0.0947. The number of hydrogen-bond donors (Lipinski definition) is 1. The number of benzene rings is 1. The second-order valence-corrected chi connectivity index (χ2v) is 6.22. The monoisotopic (exact) mass is 339 g/mol. The summed E-state index contributed by atoms with van der Waals surface area (Å²) in [6.07, 6.45) is 6.65. The molecular weight excluding hydrogens is 314 g/mol. The van der Waals surface area contributed by atoms with Gasteiger partial charge in [-0.1, -0.05) is 18.2 Å². The van der Waals surface area contributed by atoms with Gasteiger partial charge in [-0.25, -0.2) is 4.98 Å². The predicted molar refractivity (Wildman–Crippen MR) is 98.7 cm³/mol.